The van der Waals surface area contributed by atoms with E-state index >= 15 is 0 Å². The Hall–Kier alpha value is -1.45. The lowest BCUT2D eigenvalue weighted by Crippen LogP contribution is -2.28. The van der Waals surface area contributed by atoms with E-state index in [2.05, 4.69) is 18.7 Å². The van der Waals surface area contributed by atoms with E-state index in [1.165, 1.54) is 6.07 Å². The average Bonchev–Trinajstić information content (AvgIpc) is 2.76. The van der Waals surface area contributed by atoms with Gasteiger partial charge in [0.25, 0.3) is 0 Å². The van der Waals surface area contributed by atoms with Crippen LogP contribution < -0.4 is 4.90 Å². The maximum absolute atomic E-state index is 10.7. The lowest BCUT2D eigenvalue weighted by atomic mass is 10.1. The molecular formula is C11H15NO3. The second-order valence-corrected chi connectivity index (χ2v) is 4.14. The standard InChI is InChI=1S/C11H15NO3/c1-7-5-6-12(8(7)2)10-4-3-9(15-10)11(13)14/h3-4,7-8H,5-6H2,1-2H3,(H,13,14). The molecule has 2 heterocycles. The third kappa shape index (κ3) is 1.71. The number of carbonyl (C=O) groups is 1. The molecule has 4 heteroatoms. The fourth-order valence-corrected chi connectivity index (χ4v) is 2.00. The summed E-state index contributed by atoms with van der Waals surface area (Å²) in [6, 6.07) is 3.66. The molecule has 1 aliphatic heterocycles. The van der Waals surface area contributed by atoms with Crippen LogP contribution >= 0.6 is 0 Å². The third-order valence-electron chi connectivity index (χ3n) is 3.23. The predicted octanol–water partition coefficient (Wildman–Crippen LogP) is 2.21. The summed E-state index contributed by atoms with van der Waals surface area (Å²) in [5, 5.41) is 8.75. The van der Waals surface area contributed by atoms with E-state index in [9.17, 15) is 4.79 Å². The monoisotopic (exact) mass is 209 g/mol. The molecule has 2 rings (SSSR count). The Morgan fingerprint density at radius 2 is 2.27 bits per heavy atom. The molecule has 1 fully saturated rings. The van der Waals surface area contributed by atoms with Crippen molar-refractivity contribution >= 4 is 11.9 Å². The zero-order valence-corrected chi connectivity index (χ0v) is 8.93. The highest BCUT2D eigenvalue weighted by atomic mass is 16.4. The van der Waals surface area contributed by atoms with Gasteiger partial charge < -0.3 is 14.4 Å². The number of hydrogen-bond donors (Lipinski definition) is 1. The van der Waals surface area contributed by atoms with Crippen molar-refractivity contribution in [1.29, 1.82) is 0 Å². The normalized spacial score (nSPS) is 25.9. The van der Waals surface area contributed by atoms with E-state index in [1.54, 1.807) is 6.07 Å². The van der Waals surface area contributed by atoms with Gasteiger partial charge in [-0.05, 0) is 25.3 Å². The first-order valence-electron chi connectivity index (χ1n) is 5.19. The molecule has 4 nitrogen and oxygen atoms in total. The van der Waals surface area contributed by atoms with Gasteiger partial charge in [0.05, 0.1) is 0 Å². The molecule has 82 valence electrons. The molecule has 2 unspecified atom stereocenters. The first-order valence-corrected chi connectivity index (χ1v) is 5.19. The summed E-state index contributed by atoms with van der Waals surface area (Å²) in [6.07, 6.45) is 1.13. The fraction of sp³-hybridized carbons (Fsp3) is 0.545. The number of rotatable bonds is 2. The summed E-state index contributed by atoms with van der Waals surface area (Å²) in [7, 11) is 0. The minimum absolute atomic E-state index is 0.0109. The number of hydrogen-bond acceptors (Lipinski definition) is 3. The van der Waals surface area contributed by atoms with Crippen LogP contribution in [0, 0.1) is 5.92 Å². The molecule has 1 saturated heterocycles. The lowest BCUT2D eigenvalue weighted by molar-refractivity contribution is 0.0663. The second kappa shape index (κ2) is 3.61. The van der Waals surface area contributed by atoms with Crippen molar-refractivity contribution in [3.05, 3.63) is 17.9 Å². The third-order valence-corrected chi connectivity index (χ3v) is 3.23. The maximum Gasteiger partial charge on any atom is 0.371 e. The van der Waals surface area contributed by atoms with E-state index in [1.807, 2.05) is 0 Å². The van der Waals surface area contributed by atoms with Crippen molar-refractivity contribution in [3.63, 3.8) is 0 Å². The van der Waals surface area contributed by atoms with Gasteiger partial charge in [0, 0.05) is 18.7 Å². The highest BCUT2D eigenvalue weighted by Gasteiger charge is 2.29. The molecule has 0 aromatic carbocycles. The van der Waals surface area contributed by atoms with Crippen LogP contribution in [0.25, 0.3) is 0 Å². The van der Waals surface area contributed by atoms with Crippen LogP contribution in [0.3, 0.4) is 0 Å². The zero-order chi connectivity index (χ0) is 11.0. The average molecular weight is 209 g/mol. The van der Waals surface area contributed by atoms with Gasteiger partial charge in [0.15, 0.2) is 5.88 Å². The molecule has 0 bridgehead atoms. The van der Waals surface area contributed by atoms with Crippen LogP contribution in [0.4, 0.5) is 5.88 Å². The minimum atomic E-state index is -1.01. The zero-order valence-electron chi connectivity index (χ0n) is 8.93. The Labute approximate surface area is 88.5 Å². The van der Waals surface area contributed by atoms with Crippen LogP contribution in [0.1, 0.15) is 30.8 Å². The molecular weight excluding hydrogens is 194 g/mol. The van der Waals surface area contributed by atoms with Crippen LogP contribution in [-0.2, 0) is 0 Å². The molecule has 15 heavy (non-hydrogen) atoms. The minimum Gasteiger partial charge on any atom is -0.475 e. The summed E-state index contributed by atoms with van der Waals surface area (Å²) in [6.45, 7) is 5.28. The molecule has 1 aliphatic rings. The first kappa shape index (κ1) is 10.1. The summed E-state index contributed by atoms with van der Waals surface area (Å²) in [4.78, 5) is 12.8. The molecule has 0 radical (unpaired) electrons. The molecule has 0 amide bonds. The summed E-state index contributed by atoms with van der Waals surface area (Å²) < 4.78 is 5.27. The SMILES string of the molecule is CC1CCN(c2ccc(C(=O)O)o2)C1C. The predicted molar refractivity (Wildman–Crippen MR) is 56.3 cm³/mol. The Morgan fingerprint density at radius 1 is 1.53 bits per heavy atom. The smallest absolute Gasteiger partial charge is 0.371 e. The Bertz CT molecular complexity index is 372. The summed E-state index contributed by atoms with van der Waals surface area (Å²) in [5.41, 5.74) is 0. The largest absolute Gasteiger partial charge is 0.475 e. The van der Waals surface area contributed by atoms with Gasteiger partial charge in [0.1, 0.15) is 0 Å². The van der Waals surface area contributed by atoms with E-state index in [0.717, 1.165) is 13.0 Å². The summed E-state index contributed by atoms with van der Waals surface area (Å²) >= 11 is 0. The van der Waals surface area contributed by atoms with Gasteiger partial charge in [-0.15, -0.1) is 0 Å². The van der Waals surface area contributed by atoms with Crippen LogP contribution in [0.15, 0.2) is 16.5 Å². The van der Waals surface area contributed by atoms with E-state index in [-0.39, 0.29) is 5.76 Å². The number of carboxylic acid groups (broad SMARTS) is 1. The molecule has 2 atom stereocenters. The van der Waals surface area contributed by atoms with Crippen molar-refractivity contribution in [2.24, 2.45) is 5.92 Å². The first-order chi connectivity index (χ1) is 7.09. The number of nitrogens with zero attached hydrogens (tertiary/aromatic N) is 1. The van der Waals surface area contributed by atoms with Gasteiger partial charge in [-0.1, -0.05) is 6.92 Å². The molecule has 0 aliphatic carbocycles. The molecule has 1 aromatic rings. The van der Waals surface area contributed by atoms with E-state index in [4.69, 9.17) is 9.52 Å². The van der Waals surface area contributed by atoms with Gasteiger partial charge in [-0.2, -0.15) is 0 Å². The molecule has 1 N–H and O–H groups in total. The van der Waals surface area contributed by atoms with E-state index < -0.39 is 5.97 Å². The summed E-state index contributed by atoms with van der Waals surface area (Å²) in [5.74, 6) is 0.297. The van der Waals surface area contributed by atoms with Crippen molar-refractivity contribution in [3.8, 4) is 0 Å². The van der Waals surface area contributed by atoms with Crippen LogP contribution in [0.2, 0.25) is 0 Å². The maximum atomic E-state index is 10.7. The number of aromatic carboxylic acids is 1. The quantitative estimate of drug-likeness (QED) is 0.811. The Balaban J connectivity index is 2.19. The Morgan fingerprint density at radius 3 is 2.73 bits per heavy atom. The lowest BCUT2D eigenvalue weighted by Gasteiger charge is -2.22. The van der Waals surface area contributed by atoms with Crippen LogP contribution in [0.5, 0.6) is 0 Å². The highest BCUT2D eigenvalue weighted by Crippen LogP contribution is 2.30. The second-order valence-electron chi connectivity index (χ2n) is 4.14. The fourth-order valence-electron chi connectivity index (χ4n) is 2.00. The van der Waals surface area contributed by atoms with Gasteiger partial charge in [0.2, 0.25) is 5.76 Å². The number of carboxylic acids is 1. The van der Waals surface area contributed by atoms with Gasteiger partial charge in [-0.3, -0.25) is 0 Å². The number of anilines is 1. The molecule has 1 aromatic heterocycles. The molecule has 0 saturated carbocycles. The number of furan rings is 1. The Kier molecular flexibility index (Phi) is 2.42. The van der Waals surface area contributed by atoms with E-state index in [0.29, 0.717) is 17.8 Å². The van der Waals surface area contributed by atoms with Crippen molar-refractivity contribution in [1.82, 2.24) is 0 Å². The van der Waals surface area contributed by atoms with Crippen molar-refractivity contribution in [2.45, 2.75) is 26.3 Å². The highest BCUT2D eigenvalue weighted by molar-refractivity contribution is 5.84. The van der Waals surface area contributed by atoms with Gasteiger partial charge >= 0.3 is 5.97 Å². The van der Waals surface area contributed by atoms with Crippen LogP contribution in [-0.4, -0.2) is 23.7 Å². The van der Waals surface area contributed by atoms with Gasteiger partial charge in [-0.25, -0.2) is 4.79 Å². The molecule has 0 spiro atoms. The van der Waals surface area contributed by atoms with Crippen molar-refractivity contribution < 1.29 is 14.3 Å². The van der Waals surface area contributed by atoms with Crippen molar-refractivity contribution in [2.75, 3.05) is 11.4 Å². The topological polar surface area (TPSA) is 53.7 Å².